The normalized spacial score (nSPS) is 12.8. The van der Waals surface area contributed by atoms with E-state index in [1.165, 1.54) is 12.1 Å². The van der Waals surface area contributed by atoms with Crippen molar-refractivity contribution < 1.29 is 26.1 Å². The summed E-state index contributed by atoms with van der Waals surface area (Å²) in [6.45, 7) is 2.68. The van der Waals surface area contributed by atoms with Gasteiger partial charge in [0.05, 0.1) is 11.8 Å². The van der Waals surface area contributed by atoms with E-state index in [4.69, 9.17) is 4.55 Å². The van der Waals surface area contributed by atoms with Gasteiger partial charge in [0.15, 0.2) is 0 Å². The lowest BCUT2D eigenvalue weighted by molar-refractivity contribution is -0.137. The molecule has 0 spiro atoms. The van der Waals surface area contributed by atoms with E-state index in [1.54, 1.807) is 6.07 Å². The quantitative estimate of drug-likeness (QED) is 0.761. The molecule has 2 N–H and O–H groups in total. The average molecular weight is 389 g/mol. The number of rotatable bonds is 5. The molecule has 0 aliphatic carbocycles. The summed E-state index contributed by atoms with van der Waals surface area (Å²) < 4.78 is 63.8. The molecule has 0 saturated heterocycles. The van der Waals surface area contributed by atoms with Crippen molar-refractivity contribution in [2.24, 2.45) is 0 Å². The molecule has 0 fully saturated rings. The number of hydrogen-bond donors (Lipinski definition) is 2. The molecule has 0 heterocycles. The van der Waals surface area contributed by atoms with Crippen LogP contribution in [0.2, 0.25) is 0 Å². The second-order valence-electron chi connectivity index (χ2n) is 5.90. The zero-order valence-electron chi connectivity index (χ0n) is 14.5. The molecule has 0 radical (unpaired) electrons. The van der Waals surface area contributed by atoms with Crippen molar-refractivity contribution >= 4 is 10.1 Å². The first kappa shape index (κ1) is 22.1. The fourth-order valence-electron chi connectivity index (χ4n) is 2.19. The molecule has 0 aromatic heterocycles. The lowest BCUT2D eigenvalue weighted by atomic mass is 10.0. The largest absolute Gasteiger partial charge is 0.416 e. The van der Waals surface area contributed by atoms with Gasteiger partial charge in [-0.2, -0.15) is 21.6 Å². The van der Waals surface area contributed by atoms with E-state index in [1.807, 2.05) is 37.3 Å². The Hall–Kier alpha value is -1.90. The topological polar surface area (TPSA) is 66.4 Å². The molecular weight excluding hydrogens is 367 g/mol. The molecule has 2 aromatic rings. The Kier molecular flexibility index (Phi) is 8.26. The fourth-order valence-corrected chi connectivity index (χ4v) is 2.19. The summed E-state index contributed by atoms with van der Waals surface area (Å²) in [4.78, 5) is 0. The summed E-state index contributed by atoms with van der Waals surface area (Å²) in [5.41, 5.74) is 1.27. The number of nitrogens with one attached hydrogen (secondary N) is 1. The van der Waals surface area contributed by atoms with Gasteiger partial charge < -0.3 is 5.32 Å². The van der Waals surface area contributed by atoms with Gasteiger partial charge in [-0.25, -0.2) is 0 Å². The number of halogens is 3. The average Bonchev–Trinajstić information content (AvgIpc) is 2.52. The van der Waals surface area contributed by atoms with E-state index < -0.39 is 21.9 Å². The fraction of sp³-hybridized carbons (Fsp3) is 0.333. The second-order valence-corrected chi connectivity index (χ2v) is 7.37. The number of benzene rings is 2. The van der Waals surface area contributed by atoms with Gasteiger partial charge >= 0.3 is 6.18 Å². The Balaban J connectivity index is 0.000000597. The predicted molar refractivity (Wildman–Crippen MR) is 95.4 cm³/mol. The molecule has 2 aromatic carbocycles. The van der Waals surface area contributed by atoms with Crippen LogP contribution >= 0.6 is 0 Å². The zero-order chi connectivity index (χ0) is 19.8. The van der Waals surface area contributed by atoms with E-state index in [2.05, 4.69) is 5.32 Å². The predicted octanol–water partition coefficient (Wildman–Crippen LogP) is 3.93. The van der Waals surface area contributed by atoms with Crippen LogP contribution in [0.3, 0.4) is 0 Å². The second kappa shape index (κ2) is 9.70. The molecule has 2 rings (SSSR count). The third-order valence-corrected chi connectivity index (χ3v) is 3.29. The minimum Gasteiger partial charge on any atom is -0.310 e. The van der Waals surface area contributed by atoms with Gasteiger partial charge in [0, 0.05) is 12.6 Å². The first-order valence-electron chi connectivity index (χ1n) is 7.81. The first-order chi connectivity index (χ1) is 11.9. The Labute approximate surface area is 151 Å². The maximum Gasteiger partial charge on any atom is 0.416 e. The number of hydrogen-bond acceptors (Lipinski definition) is 3. The van der Waals surface area contributed by atoms with Crippen LogP contribution in [0.5, 0.6) is 0 Å². The molecule has 1 unspecified atom stereocenters. The Morgan fingerprint density at radius 2 is 1.58 bits per heavy atom. The van der Waals surface area contributed by atoms with Gasteiger partial charge in [-0.05, 0) is 30.5 Å². The third kappa shape index (κ3) is 10.2. The Morgan fingerprint density at radius 1 is 1.04 bits per heavy atom. The van der Waals surface area contributed by atoms with E-state index in [0.29, 0.717) is 24.8 Å². The van der Waals surface area contributed by atoms with Crippen LogP contribution in [0.25, 0.3) is 0 Å². The highest BCUT2D eigenvalue weighted by Crippen LogP contribution is 2.29. The SMILES string of the molecule is CC(Cc1cccc(C(F)(F)F)c1)NCc1ccccc1.CS(=O)(=O)O. The monoisotopic (exact) mass is 389 g/mol. The van der Waals surface area contributed by atoms with E-state index >= 15 is 0 Å². The molecule has 0 aliphatic rings. The maximum absolute atomic E-state index is 12.7. The van der Waals surface area contributed by atoms with Crippen LogP contribution in [0.4, 0.5) is 13.2 Å². The summed E-state index contributed by atoms with van der Waals surface area (Å²) >= 11 is 0. The highest BCUT2D eigenvalue weighted by Gasteiger charge is 2.30. The van der Waals surface area contributed by atoms with Crippen molar-refractivity contribution in [3.05, 3.63) is 71.3 Å². The van der Waals surface area contributed by atoms with Crippen LogP contribution in [-0.4, -0.2) is 25.3 Å². The van der Waals surface area contributed by atoms with Crippen LogP contribution < -0.4 is 5.32 Å². The molecule has 0 bridgehead atoms. The van der Waals surface area contributed by atoms with Crippen LogP contribution in [0.15, 0.2) is 54.6 Å². The summed E-state index contributed by atoms with van der Waals surface area (Å²) in [5.74, 6) is 0. The molecule has 4 nitrogen and oxygen atoms in total. The van der Waals surface area contributed by atoms with Gasteiger partial charge in [-0.1, -0.05) is 48.5 Å². The van der Waals surface area contributed by atoms with E-state index in [9.17, 15) is 21.6 Å². The minimum atomic E-state index is -4.28. The molecule has 0 amide bonds. The summed E-state index contributed by atoms with van der Waals surface area (Å²) in [5, 5.41) is 3.32. The minimum absolute atomic E-state index is 0.105. The van der Waals surface area contributed by atoms with Crippen LogP contribution in [-0.2, 0) is 29.3 Å². The summed E-state index contributed by atoms with van der Waals surface area (Å²) in [6.07, 6.45) is -3.00. The molecule has 1 atom stereocenters. The van der Waals surface area contributed by atoms with Crippen molar-refractivity contribution in [3.63, 3.8) is 0 Å². The van der Waals surface area contributed by atoms with Crippen molar-refractivity contribution in [3.8, 4) is 0 Å². The molecule has 26 heavy (non-hydrogen) atoms. The van der Waals surface area contributed by atoms with Gasteiger partial charge in [0.1, 0.15) is 0 Å². The van der Waals surface area contributed by atoms with Crippen molar-refractivity contribution in [2.45, 2.75) is 32.1 Å². The maximum atomic E-state index is 12.7. The smallest absolute Gasteiger partial charge is 0.310 e. The molecular formula is C18H22F3NO3S. The summed E-state index contributed by atoms with van der Waals surface area (Å²) in [7, 11) is -3.67. The molecule has 144 valence electrons. The van der Waals surface area contributed by atoms with Gasteiger partial charge in [-0.3, -0.25) is 4.55 Å². The van der Waals surface area contributed by atoms with Gasteiger partial charge in [-0.15, -0.1) is 0 Å². The van der Waals surface area contributed by atoms with E-state index in [0.717, 1.165) is 11.6 Å². The highest BCUT2D eigenvalue weighted by molar-refractivity contribution is 7.85. The summed E-state index contributed by atoms with van der Waals surface area (Å²) in [6, 6.07) is 15.5. The van der Waals surface area contributed by atoms with E-state index in [-0.39, 0.29) is 6.04 Å². The molecule has 0 saturated carbocycles. The standard InChI is InChI=1S/C17H18F3N.CH4O3S/c1-13(21-12-14-6-3-2-4-7-14)10-15-8-5-9-16(11-15)17(18,19)20;1-5(2,3)4/h2-9,11,13,21H,10,12H2,1H3;1H3,(H,2,3,4). The number of alkyl halides is 3. The Bertz CT molecular complexity index is 770. The zero-order valence-corrected chi connectivity index (χ0v) is 15.3. The highest BCUT2D eigenvalue weighted by atomic mass is 32.2. The van der Waals surface area contributed by atoms with Crippen molar-refractivity contribution in [1.82, 2.24) is 5.32 Å². The van der Waals surface area contributed by atoms with Crippen LogP contribution in [0, 0.1) is 0 Å². The molecule has 0 aliphatic heterocycles. The lowest BCUT2D eigenvalue weighted by Crippen LogP contribution is -2.27. The van der Waals surface area contributed by atoms with Gasteiger partial charge in [0.2, 0.25) is 0 Å². The Morgan fingerprint density at radius 3 is 2.12 bits per heavy atom. The van der Waals surface area contributed by atoms with Crippen LogP contribution in [0.1, 0.15) is 23.6 Å². The third-order valence-electron chi connectivity index (χ3n) is 3.29. The molecule has 8 heteroatoms. The van der Waals surface area contributed by atoms with Crippen molar-refractivity contribution in [1.29, 1.82) is 0 Å². The first-order valence-corrected chi connectivity index (χ1v) is 9.66. The van der Waals surface area contributed by atoms with Crippen molar-refractivity contribution in [2.75, 3.05) is 6.26 Å². The van der Waals surface area contributed by atoms with Gasteiger partial charge in [0.25, 0.3) is 10.1 Å². The lowest BCUT2D eigenvalue weighted by Gasteiger charge is -2.15.